The fourth-order valence-electron chi connectivity index (χ4n) is 3.78. The minimum Gasteiger partial charge on any atom is -0.466 e. The van der Waals surface area contributed by atoms with Crippen LogP contribution in [0.5, 0.6) is 11.5 Å². The Balaban J connectivity index is 2.64. The van der Waals surface area contributed by atoms with E-state index >= 15 is 0 Å². The number of benzene rings is 2. The third kappa shape index (κ3) is 11.2. The van der Waals surface area contributed by atoms with Crippen molar-refractivity contribution in [3.05, 3.63) is 59.7 Å². The highest BCUT2D eigenvalue weighted by Gasteiger charge is 2.40. The number of ether oxygens (including phenoxy) is 3. The molecule has 0 spiro atoms. The van der Waals surface area contributed by atoms with Gasteiger partial charge in [0.15, 0.2) is 0 Å². The van der Waals surface area contributed by atoms with Crippen molar-refractivity contribution in [3.63, 3.8) is 0 Å². The van der Waals surface area contributed by atoms with E-state index in [1.54, 1.807) is 0 Å². The molecule has 0 aliphatic heterocycles. The first kappa shape index (κ1) is 32.1. The van der Waals surface area contributed by atoms with Crippen LogP contribution < -0.4 is 14.8 Å². The summed E-state index contributed by atoms with van der Waals surface area (Å²) in [6.07, 6.45) is -15.5. The zero-order valence-electron chi connectivity index (χ0n) is 20.6. The van der Waals surface area contributed by atoms with Crippen LogP contribution in [0.15, 0.2) is 48.5 Å². The van der Waals surface area contributed by atoms with Crippen molar-refractivity contribution in [2.75, 3.05) is 19.7 Å². The normalized spacial score (nSPS) is 12.8. The average Bonchev–Trinajstić information content (AvgIpc) is 2.79. The van der Waals surface area contributed by atoms with Crippen LogP contribution in [-0.2, 0) is 14.9 Å². The summed E-state index contributed by atoms with van der Waals surface area (Å²) in [6.45, 7) is 0.673. The second kappa shape index (κ2) is 13.3. The Labute approximate surface area is 218 Å². The van der Waals surface area contributed by atoms with Crippen molar-refractivity contribution < 1.29 is 58.5 Å². The summed E-state index contributed by atoms with van der Waals surface area (Å²) in [5, 5.41) is 2.53. The van der Waals surface area contributed by atoms with Crippen LogP contribution in [-0.4, -0.2) is 44.6 Å². The van der Waals surface area contributed by atoms with Crippen LogP contribution in [0, 0.1) is 0 Å². The van der Waals surface area contributed by atoms with Gasteiger partial charge in [-0.2, -0.15) is 13.2 Å². The lowest BCUT2D eigenvalue weighted by atomic mass is 9.71. The van der Waals surface area contributed by atoms with Crippen LogP contribution in [0.2, 0.25) is 0 Å². The topological polar surface area (TPSA) is 56.8 Å². The fourth-order valence-corrected chi connectivity index (χ4v) is 3.78. The minimum atomic E-state index is -5.09. The Morgan fingerprint density at radius 2 is 1.33 bits per heavy atom. The number of esters is 1. The SMILES string of the molecule is CCCCOC(=O)CC(CNCCC(F)(F)F)(c1cccc(OC(F)(F)F)c1)c1cccc(OC(F)(F)F)c1. The first-order valence-electron chi connectivity index (χ1n) is 11.7. The van der Waals surface area contributed by atoms with E-state index in [0.717, 1.165) is 36.4 Å². The number of rotatable bonds is 13. The Hall–Kier alpha value is -3.16. The average molecular weight is 575 g/mol. The van der Waals surface area contributed by atoms with Crippen molar-refractivity contribution >= 4 is 5.97 Å². The molecule has 218 valence electrons. The molecule has 0 bridgehead atoms. The molecule has 2 aromatic carbocycles. The quantitative estimate of drug-likeness (QED) is 0.158. The molecule has 0 fully saturated rings. The summed E-state index contributed by atoms with van der Waals surface area (Å²) >= 11 is 0. The molecule has 0 heterocycles. The molecule has 0 unspecified atom stereocenters. The highest BCUT2D eigenvalue weighted by atomic mass is 19.4. The lowest BCUT2D eigenvalue weighted by Crippen LogP contribution is -2.42. The van der Waals surface area contributed by atoms with Crippen LogP contribution in [0.4, 0.5) is 39.5 Å². The maximum atomic E-state index is 12.9. The number of alkyl halides is 9. The predicted molar refractivity (Wildman–Crippen MR) is 121 cm³/mol. The molecule has 39 heavy (non-hydrogen) atoms. The van der Waals surface area contributed by atoms with Crippen molar-refractivity contribution in [1.82, 2.24) is 5.32 Å². The molecular weight excluding hydrogens is 549 g/mol. The number of unbranched alkanes of at least 4 members (excludes halogenated alkanes) is 1. The zero-order chi connectivity index (χ0) is 29.3. The number of carbonyl (C=O) groups excluding carboxylic acids is 1. The van der Waals surface area contributed by atoms with Crippen LogP contribution in [0.1, 0.15) is 43.7 Å². The minimum absolute atomic E-state index is 0.0125. The molecule has 2 aromatic rings. The van der Waals surface area contributed by atoms with Gasteiger partial charge in [-0.05, 0) is 41.8 Å². The summed E-state index contributed by atoms with van der Waals surface area (Å²) < 4.78 is 129. The Morgan fingerprint density at radius 3 is 1.77 bits per heavy atom. The monoisotopic (exact) mass is 575 g/mol. The van der Waals surface area contributed by atoms with Crippen molar-refractivity contribution in [2.24, 2.45) is 0 Å². The predicted octanol–water partition coefficient (Wildman–Crippen LogP) is 7.05. The van der Waals surface area contributed by atoms with Gasteiger partial charge in [0, 0.05) is 18.5 Å². The molecule has 0 aliphatic rings. The second-order valence-corrected chi connectivity index (χ2v) is 8.53. The third-order valence-electron chi connectivity index (χ3n) is 5.46. The van der Waals surface area contributed by atoms with Crippen molar-refractivity contribution in [1.29, 1.82) is 0 Å². The Morgan fingerprint density at radius 1 is 0.821 bits per heavy atom. The molecule has 0 radical (unpaired) electrons. The molecule has 0 aliphatic carbocycles. The van der Waals surface area contributed by atoms with E-state index < -0.39 is 67.7 Å². The second-order valence-electron chi connectivity index (χ2n) is 8.53. The molecule has 0 saturated heterocycles. The van der Waals surface area contributed by atoms with Crippen molar-refractivity contribution in [2.45, 2.75) is 56.9 Å². The maximum Gasteiger partial charge on any atom is 0.573 e. The number of nitrogens with one attached hydrogen (secondary N) is 1. The van der Waals surface area contributed by atoms with Crippen LogP contribution in [0.25, 0.3) is 0 Å². The number of hydrogen-bond donors (Lipinski definition) is 1. The first-order chi connectivity index (χ1) is 18.0. The Bertz CT molecular complexity index is 1010. The number of carbonyl (C=O) groups is 1. The maximum absolute atomic E-state index is 12.9. The molecule has 0 atom stereocenters. The summed E-state index contributed by atoms with van der Waals surface area (Å²) in [7, 11) is 0. The van der Waals surface area contributed by atoms with Gasteiger partial charge in [-0.15, -0.1) is 26.3 Å². The van der Waals surface area contributed by atoms with Gasteiger partial charge in [-0.25, -0.2) is 0 Å². The van der Waals surface area contributed by atoms with Crippen LogP contribution >= 0.6 is 0 Å². The molecule has 14 heteroatoms. The van der Waals surface area contributed by atoms with Gasteiger partial charge < -0.3 is 19.5 Å². The first-order valence-corrected chi connectivity index (χ1v) is 11.7. The lowest BCUT2D eigenvalue weighted by molar-refractivity contribution is -0.275. The summed E-state index contributed by atoms with van der Waals surface area (Å²) in [6, 6.07) is 8.61. The fraction of sp³-hybridized carbons (Fsp3) is 0.480. The standard InChI is InChI=1S/C25H26F9NO4/c1-2-3-12-37-21(36)15-22(16-35-11-10-23(26,27)28,17-6-4-8-19(13-17)38-24(29,30)31)18-7-5-9-20(14-18)39-25(32,33)34/h4-9,13-14,35H,2-3,10-12,15-16H2,1H3. The molecule has 5 nitrogen and oxygen atoms in total. The number of halogens is 9. The highest BCUT2D eigenvalue weighted by molar-refractivity contribution is 5.73. The van der Waals surface area contributed by atoms with E-state index in [1.165, 1.54) is 12.1 Å². The largest absolute Gasteiger partial charge is 0.573 e. The molecule has 1 N–H and O–H groups in total. The van der Waals surface area contributed by atoms with Gasteiger partial charge in [0.25, 0.3) is 0 Å². The van der Waals surface area contributed by atoms with Gasteiger partial charge in [0.1, 0.15) is 11.5 Å². The van der Waals surface area contributed by atoms with E-state index in [4.69, 9.17) is 4.74 Å². The van der Waals surface area contributed by atoms with Gasteiger partial charge in [0.05, 0.1) is 19.4 Å². The molecule has 2 rings (SSSR count). The molecular formula is C25H26F9NO4. The van der Waals surface area contributed by atoms with E-state index in [-0.39, 0.29) is 17.7 Å². The molecule has 0 aromatic heterocycles. The third-order valence-corrected chi connectivity index (χ3v) is 5.46. The summed E-state index contributed by atoms with van der Waals surface area (Å²) in [5.74, 6) is -2.28. The van der Waals surface area contributed by atoms with Gasteiger partial charge in [-0.1, -0.05) is 37.6 Å². The zero-order valence-corrected chi connectivity index (χ0v) is 20.6. The number of hydrogen-bond acceptors (Lipinski definition) is 5. The molecule has 0 saturated carbocycles. The van der Waals surface area contributed by atoms with E-state index in [2.05, 4.69) is 14.8 Å². The smallest absolute Gasteiger partial charge is 0.466 e. The highest BCUT2D eigenvalue weighted by Crippen LogP contribution is 2.40. The van der Waals surface area contributed by atoms with Crippen molar-refractivity contribution in [3.8, 4) is 11.5 Å². The summed E-state index contributed by atoms with van der Waals surface area (Å²) in [4.78, 5) is 12.8. The van der Waals surface area contributed by atoms with Gasteiger partial charge in [0.2, 0.25) is 0 Å². The van der Waals surface area contributed by atoms with Gasteiger partial charge >= 0.3 is 24.9 Å². The lowest BCUT2D eigenvalue weighted by Gasteiger charge is -2.35. The van der Waals surface area contributed by atoms with E-state index in [9.17, 15) is 44.3 Å². The van der Waals surface area contributed by atoms with Crippen LogP contribution in [0.3, 0.4) is 0 Å². The van der Waals surface area contributed by atoms with Gasteiger partial charge in [-0.3, -0.25) is 4.79 Å². The van der Waals surface area contributed by atoms with E-state index in [0.29, 0.717) is 12.8 Å². The molecule has 0 amide bonds. The summed E-state index contributed by atoms with van der Waals surface area (Å²) in [5.41, 5.74) is -1.90. The Kier molecular flexibility index (Phi) is 10.9. The van der Waals surface area contributed by atoms with E-state index in [1.807, 2.05) is 6.92 Å².